The van der Waals surface area contributed by atoms with Crippen LogP contribution >= 0.6 is 24.0 Å². The molecule has 1 aliphatic rings. The van der Waals surface area contributed by atoms with Crippen molar-refractivity contribution in [2.24, 2.45) is 0 Å². The molecule has 1 saturated heterocycles. The molecule has 0 aliphatic carbocycles. The van der Waals surface area contributed by atoms with Crippen molar-refractivity contribution in [3.8, 4) is 11.5 Å². The standard InChI is InChI=1S/C27H23NO3S2/c1-3-10-21-15-20(16-23(30-2)25(21)31-18-19-11-6-4-7-12-19)17-24-26(29)28(27(32)33-24)22-13-8-5-9-14-22/h3-9,11-17H,1,10,18H2,2H3/b24-17+. The van der Waals surface area contributed by atoms with Crippen LogP contribution in [0.3, 0.4) is 0 Å². The molecule has 6 heteroatoms. The van der Waals surface area contributed by atoms with Crippen LogP contribution in [0, 0.1) is 0 Å². The van der Waals surface area contributed by atoms with Gasteiger partial charge in [0.2, 0.25) is 0 Å². The summed E-state index contributed by atoms with van der Waals surface area (Å²) in [5.74, 6) is 1.15. The van der Waals surface area contributed by atoms with Crippen molar-refractivity contribution in [3.05, 3.63) is 107 Å². The maximum absolute atomic E-state index is 13.1. The molecule has 33 heavy (non-hydrogen) atoms. The van der Waals surface area contributed by atoms with Gasteiger partial charge < -0.3 is 9.47 Å². The number of nitrogens with zero attached hydrogens (tertiary/aromatic N) is 1. The molecule has 166 valence electrons. The van der Waals surface area contributed by atoms with E-state index in [9.17, 15) is 4.79 Å². The van der Waals surface area contributed by atoms with Crippen molar-refractivity contribution in [1.82, 2.24) is 0 Å². The third-order valence-electron chi connectivity index (χ3n) is 5.07. The molecule has 0 N–H and O–H groups in total. The summed E-state index contributed by atoms with van der Waals surface area (Å²) < 4.78 is 12.3. The Balaban J connectivity index is 1.65. The second-order valence-corrected chi connectivity index (χ2v) is 9.01. The Labute approximate surface area is 203 Å². The minimum atomic E-state index is -0.134. The van der Waals surface area contributed by atoms with Gasteiger partial charge in [-0.25, -0.2) is 0 Å². The first kappa shape index (κ1) is 22.8. The number of rotatable bonds is 8. The molecule has 0 aromatic heterocycles. The van der Waals surface area contributed by atoms with Crippen molar-refractivity contribution in [2.75, 3.05) is 12.0 Å². The minimum absolute atomic E-state index is 0.134. The molecular formula is C27H23NO3S2. The van der Waals surface area contributed by atoms with E-state index in [2.05, 4.69) is 6.58 Å². The zero-order valence-electron chi connectivity index (χ0n) is 18.2. The van der Waals surface area contributed by atoms with Crippen LogP contribution in [0.5, 0.6) is 11.5 Å². The van der Waals surface area contributed by atoms with Gasteiger partial charge in [-0.2, -0.15) is 0 Å². The lowest BCUT2D eigenvalue weighted by Crippen LogP contribution is -2.27. The minimum Gasteiger partial charge on any atom is -0.493 e. The summed E-state index contributed by atoms with van der Waals surface area (Å²) in [6.07, 6.45) is 4.27. The highest BCUT2D eigenvalue weighted by atomic mass is 32.2. The average molecular weight is 474 g/mol. The lowest BCUT2D eigenvalue weighted by Gasteiger charge is -2.16. The topological polar surface area (TPSA) is 38.8 Å². The van der Waals surface area contributed by atoms with Gasteiger partial charge in [0, 0.05) is 5.56 Å². The Morgan fingerprint density at radius 3 is 2.42 bits per heavy atom. The fourth-order valence-corrected chi connectivity index (χ4v) is 4.84. The fraction of sp³-hybridized carbons (Fsp3) is 0.111. The molecule has 3 aromatic rings. The Bertz CT molecular complexity index is 1210. The van der Waals surface area contributed by atoms with E-state index in [-0.39, 0.29) is 5.91 Å². The first-order chi connectivity index (χ1) is 16.1. The van der Waals surface area contributed by atoms with Crippen LogP contribution in [0.25, 0.3) is 6.08 Å². The van der Waals surface area contributed by atoms with Crippen molar-refractivity contribution < 1.29 is 14.3 Å². The van der Waals surface area contributed by atoms with Crippen LogP contribution < -0.4 is 14.4 Å². The van der Waals surface area contributed by atoms with E-state index < -0.39 is 0 Å². The molecule has 1 aliphatic heterocycles. The number of allylic oxidation sites excluding steroid dienone is 1. The van der Waals surface area contributed by atoms with Crippen LogP contribution in [0.2, 0.25) is 0 Å². The summed E-state index contributed by atoms with van der Waals surface area (Å²) in [6.45, 7) is 4.30. The van der Waals surface area contributed by atoms with Gasteiger partial charge >= 0.3 is 0 Å². The predicted octanol–water partition coefficient (Wildman–Crippen LogP) is 6.41. The van der Waals surface area contributed by atoms with Gasteiger partial charge in [0.1, 0.15) is 6.61 Å². The number of anilines is 1. The summed E-state index contributed by atoms with van der Waals surface area (Å²) >= 11 is 6.77. The van der Waals surface area contributed by atoms with E-state index in [4.69, 9.17) is 21.7 Å². The highest BCUT2D eigenvalue weighted by molar-refractivity contribution is 8.27. The van der Waals surface area contributed by atoms with Crippen molar-refractivity contribution >= 4 is 46.0 Å². The summed E-state index contributed by atoms with van der Waals surface area (Å²) in [4.78, 5) is 15.2. The van der Waals surface area contributed by atoms with Crippen molar-refractivity contribution in [1.29, 1.82) is 0 Å². The number of thiocarbonyl (C=S) groups is 1. The van der Waals surface area contributed by atoms with E-state index >= 15 is 0 Å². The Kier molecular flexibility index (Phi) is 7.27. The molecular weight excluding hydrogens is 450 g/mol. The first-order valence-corrected chi connectivity index (χ1v) is 11.6. The smallest absolute Gasteiger partial charge is 0.270 e. The molecule has 0 bridgehead atoms. The number of carbonyl (C=O) groups is 1. The zero-order valence-corrected chi connectivity index (χ0v) is 19.8. The lowest BCUT2D eigenvalue weighted by molar-refractivity contribution is -0.113. The zero-order chi connectivity index (χ0) is 23.2. The Morgan fingerprint density at radius 2 is 1.76 bits per heavy atom. The highest BCUT2D eigenvalue weighted by Gasteiger charge is 2.33. The molecule has 0 spiro atoms. The number of ether oxygens (including phenoxy) is 2. The quantitative estimate of drug-likeness (QED) is 0.215. The predicted molar refractivity (Wildman–Crippen MR) is 140 cm³/mol. The SMILES string of the molecule is C=CCc1cc(/C=C2/SC(=S)N(c3ccccc3)C2=O)cc(OC)c1OCc1ccccc1. The first-order valence-electron chi connectivity index (χ1n) is 10.4. The van der Waals surface area contributed by atoms with Gasteiger partial charge in [0.05, 0.1) is 17.7 Å². The van der Waals surface area contributed by atoms with Crippen LogP contribution in [0.4, 0.5) is 5.69 Å². The molecule has 0 unspecified atom stereocenters. The van der Waals surface area contributed by atoms with E-state index in [0.717, 1.165) is 22.4 Å². The number of methoxy groups -OCH3 is 1. The van der Waals surface area contributed by atoms with Gasteiger partial charge in [0.25, 0.3) is 5.91 Å². The van der Waals surface area contributed by atoms with Crippen molar-refractivity contribution in [3.63, 3.8) is 0 Å². The molecule has 3 aromatic carbocycles. The fourth-order valence-electron chi connectivity index (χ4n) is 3.54. The lowest BCUT2D eigenvalue weighted by atomic mass is 10.0. The maximum atomic E-state index is 13.1. The maximum Gasteiger partial charge on any atom is 0.270 e. The monoisotopic (exact) mass is 473 g/mol. The van der Waals surface area contributed by atoms with Gasteiger partial charge in [-0.15, -0.1) is 6.58 Å². The van der Waals surface area contributed by atoms with E-state index in [1.807, 2.05) is 84.9 Å². The number of hydrogen-bond donors (Lipinski definition) is 0. The third kappa shape index (κ3) is 5.18. The van der Waals surface area contributed by atoms with Gasteiger partial charge in [0.15, 0.2) is 15.8 Å². The molecule has 1 heterocycles. The van der Waals surface area contributed by atoms with Gasteiger partial charge in [-0.05, 0) is 47.9 Å². The van der Waals surface area contributed by atoms with Gasteiger partial charge in [-0.3, -0.25) is 9.69 Å². The van der Waals surface area contributed by atoms with Gasteiger partial charge in [-0.1, -0.05) is 78.6 Å². The average Bonchev–Trinajstić information content (AvgIpc) is 3.12. The van der Waals surface area contributed by atoms with Crippen LogP contribution in [-0.2, 0) is 17.8 Å². The number of para-hydroxylation sites is 1. The Morgan fingerprint density at radius 1 is 1.06 bits per heavy atom. The van der Waals surface area contributed by atoms with Crippen LogP contribution in [-0.4, -0.2) is 17.3 Å². The molecule has 4 rings (SSSR count). The third-order valence-corrected chi connectivity index (χ3v) is 6.37. The molecule has 0 saturated carbocycles. The number of hydrogen-bond acceptors (Lipinski definition) is 5. The second kappa shape index (κ2) is 10.5. The number of carbonyl (C=O) groups excluding carboxylic acids is 1. The summed E-state index contributed by atoms with van der Waals surface area (Å²) in [5.41, 5.74) is 3.60. The summed E-state index contributed by atoms with van der Waals surface area (Å²) in [7, 11) is 1.61. The largest absolute Gasteiger partial charge is 0.493 e. The highest BCUT2D eigenvalue weighted by Crippen LogP contribution is 2.39. The number of benzene rings is 3. The Hall–Kier alpha value is -3.35. The van der Waals surface area contributed by atoms with E-state index in [0.29, 0.717) is 33.8 Å². The van der Waals surface area contributed by atoms with Crippen LogP contribution in [0.15, 0.2) is 90.4 Å². The molecule has 4 nitrogen and oxygen atoms in total. The summed E-state index contributed by atoms with van der Waals surface area (Å²) in [6, 6.07) is 23.3. The van der Waals surface area contributed by atoms with Crippen LogP contribution in [0.1, 0.15) is 16.7 Å². The molecule has 1 fully saturated rings. The molecule has 1 amide bonds. The number of amides is 1. The van der Waals surface area contributed by atoms with E-state index in [1.54, 1.807) is 12.0 Å². The normalized spacial score (nSPS) is 14.6. The second-order valence-electron chi connectivity index (χ2n) is 7.33. The van der Waals surface area contributed by atoms with Crippen molar-refractivity contribution in [2.45, 2.75) is 13.0 Å². The summed E-state index contributed by atoms with van der Waals surface area (Å²) in [5, 5.41) is 0. The molecule has 0 atom stereocenters. The number of thioether (sulfide) groups is 1. The van der Waals surface area contributed by atoms with E-state index in [1.165, 1.54) is 11.8 Å². The molecule has 0 radical (unpaired) electrons.